The van der Waals surface area contributed by atoms with Gasteiger partial charge in [0.05, 0.1) is 19.1 Å². The Morgan fingerprint density at radius 3 is 2.54 bits per heavy atom. The number of ketones is 1. The van der Waals surface area contributed by atoms with Crippen molar-refractivity contribution in [3.63, 3.8) is 0 Å². The number of nitrogens with two attached hydrogens (primary N) is 1. The Morgan fingerprint density at radius 1 is 1.21 bits per heavy atom. The SMILES string of the molecule is CCOc1ccc([C@H]2C(C#N)=C(N)OC3=C2C(=O)CC(C)(C)C3)cc1OCC. The molecule has 1 aliphatic heterocycles. The van der Waals surface area contributed by atoms with E-state index in [9.17, 15) is 10.1 Å². The van der Waals surface area contributed by atoms with E-state index in [1.807, 2.05) is 45.9 Å². The summed E-state index contributed by atoms with van der Waals surface area (Å²) in [6.45, 7) is 8.83. The van der Waals surface area contributed by atoms with Crippen LogP contribution in [0.5, 0.6) is 11.5 Å². The van der Waals surface area contributed by atoms with E-state index in [-0.39, 0.29) is 22.7 Å². The van der Waals surface area contributed by atoms with Crippen LogP contribution in [0.1, 0.15) is 52.0 Å². The molecule has 0 spiro atoms. The maximum atomic E-state index is 13.0. The molecule has 3 rings (SSSR count). The molecule has 1 heterocycles. The van der Waals surface area contributed by atoms with Crippen molar-refractivity contribution in [2.45, 2.75) is 46.5 Å². The summed E-state index contributed by atoms with van der Waals surface area (Å²) in [6.07, 6.45) is 0.999. The molecule has 2 aliphatic rings. The second-order valence-corrected chi connectivity index (χ2v) is 7.77. The highest BCUT2D eigenvalue weighted by molar-refractivity contribution is 6.00. The zero-order chi connectivity index (χ0) is 20.5. The Bertz CT molecular complexity index is 906. The van der Waals surface area contributed by atoms with Gasteiger partial charge in [0.2, 0.25) is 5.88 Å². The second-order valence-electron chi connectivity index (χ2n) is 7.77. The fourth-order valence-corrected chi connectivity index (χ4v) is 3.87. The van der Waals surface area contributed by atoms with Gasteiger partial charge in [-0.2, -0.15) is 5.26 Å². The molecule has 0 unspecified atom stereocenters. The molecule has 0 amide bonds. The average Bonchev–Trinajstić information content (AvgIpc) is 2.61. The molecule has 2 N–H and O–H groups in total. The molecule has 1 aromatic carbocycles. The predicted octanol–water partition coefficient (Wildman–Crippen LogP) is 3.93. The van der Waals surface area contributed by atoms with Crippen molar-refractivity contribution in [3.8, 4) is 17.6 Å². The van der Waals surface area contributed by atoms with Crippen LogP contribution < -0.4 is 15.2 Å². The lowest BCUT2D eigenvalue weighted by molar-refractivity contribution is -0.119. The molecule has 0 fully saturated rings. The zero-order valence-electron chi connectivity index (χ0n) is 16.8. The monoisotopic (exact) mass is 382 g/mol. The molecule has 0 radical (unpaired) electrons. The van der Waals surface area contributed by atoms with E-state index in [2.05, 4.69) is 6.07 Å². The van der Waals surface area contributed by atoms with Gasteiger partial charge in [-0.1, -0.05) is 19.9 Å². The number of ether oxygens (including phenoxy) is 3. The van der Waals surface area contributed by atoms with Gasteiger partial charge in [0.15, 0.2) is 17.3 Å². The van der Waals surface area contributed by atoms with Crippen LogP contribution >= 0.6 is 0 Å². The summed E-state index contributed by atoms with van der Waals surface area (Å²) in [5.74, 6) is 1.25. The summed E-state index contributed by atoms with van der Waals surface area (Å²) in [5.41, 5.74) is 7.39. The fourth-order valence-electron chi connectivity index (χ4n) is 3.87. The highest BCUT2D eigenvalue weighted by Gasteiger charge is 2.43. The Kier molecular flexibility index (Phi) is 5.37. The van der Waals surface area contributed by atoms with Crippen LogP contribution in [0.3, 0.4) is 0 Å². The van der Waals surface area contributed by atoms with E-state index in [1.165, 1.54) is 0 Å². The molecule has 0 aromatic heterocycles. The molecule has 6 heteroatoms. The molecular formula is C22H26N2O4. The first kappa shape index (κ1) is 19.8. The molecule has 0 bridgehead atoms. The first-order chi connectivity index (χ1) is 13.3. The van der Waals surface area contributed by atoms with E-state index < -0.39 is 5.92 Å². The van der Waals surface area contributed by atoms with Crippen LogP contribution in [0.25, 0.3) is 0 Å². The van der Waals surface area contributed by atoms with Crippen molar-refractivity contribution in [3.05, 3.63) is 46.6 Å². The second kappa shape index (κ2) is 7.59. The van der Waals surface area contributed by atoms with Crippen molar-refractivity contribution in [2.75, 3.05) is 13.2 Å². The molecule has 0 saturated heterocycles. The van der Waals surface area contributed by atoms with Gasteiger partial charge in [-0.25, -0.2) is 0 Å². The lowest BCUT2D eigenvalue weighted by Crippen LogP contribution is -2.33. The number of rotatable bonds is 5. The first-order valence-electron chi connectivity index (χ1n) is 9.54. The van der Waals surface area contributed by atoms with Crippen LogP contribution in [-0.2, 0) is 9.53 Å². The van der Waals surface area contributed by atoms with Gasteiger partial charge in [-0.05, 0) is 37.0 Å². The maximum absolute atomic E-state index is 13.0. The summed E-state index contributed by atoms with van der Waals surface area (Å²) in [7, 11) is 0. The summed E-state index contributed by atoms with van der Waals surface area (Å²) >= 11 is 0. The largest absolute Gasteiger partial charge is 0.490 e. The zero-order valence-corrected chi connectivity index (χ0v) is 16.8. The van der Waals surface area contributed by atoms with Gasteiger partial charge < -0.3 is 19.9 Å². The number of hydrogen-bond donors (Lipinski definition) is 1. The Labute approximate surface area is 165 Å². The molecule has 6 nitrogen and oxygen atoms in total. The number of carbonyl (C=O) groups excluding carboxylic acids is 1. The van der Waals surface area contributed by atoms with Crippen molar-refractivity contribution in [1.29, 1.82) is 5.26 Å². The molecule has 28 heavy (non-hydrogen) atoms. The summed E-state index contributed by atoms with van der Waals surface area (Å²) in [4.78, 5) is 13.0. The molecular weight excluding hydrogens is 356 g/mol. The molecule has 0 saturated carbocycles. The summed E-state index contributed by atoms with van der Waals surface area (Å²) in [6, 6.07) is 7.63. The van der Waals surface area contributed by atoms with Gasteiger partial charge in [0.1, 0.15) is 17.4 Å². The van der Waals surface area contributed by atoms with Crippen molar-refractivity contribution >= 4 is 5.78 Å². The van der Waals surface area contributed by atoms with Gasteiger partial charge in [-0.3, -0.25) is 4.79 Å². The van der Waals surface area contributed by atoms with Crippen LogP contribution in [0.4, 0.5) is 0 Å². The van der Waals surface area contributed by atoms with E-state index in [0.717, 1.165) is 5.56 Å². The topological polar surface area (TPSA) is 94.6 Å². The Morgan fingerprint density at radius 2 is 1.89 bits per heavy atom. The van der Waals surface area contributed by atoms with Crippen LogP contribution in [-0.4, -0.2) is 19.0 Å². The normalized spacial score (nSPS) is 21.0. The quantitative estimate of drug-likeness (QED) is 0.829. The minimum atomic E-state index is -0.563. The highest BCUT2D eigenvalue weighted by Crippen LogP contribution is 2.48. The first-order valence-corrected chi connectivity index (χ1v) is 9.54. The Hall–Kier alpha value is -2.94. The minimum absolute atomic E-state index is 0.0108. The number of carbonyl (C=O) groups is 1. The van der Waals surface area contributed by atoms with Crippen molar-refractivity contribution in [1.82, 2.24) is 0 Å². The number of nitrogens with zero attached hydrogens (tertiary/aromatic N) is 1. The lowest BCUT2D eigenvalue weighted by atomic mass is 9.70. The van der Waals surface area contributed by atoms with Gasteiger partial charge >= 0.3 is 0 Å². The third-order valence-electron chi connectivity index (χ3n) is 4.98. The van der Waals surface area contributed by atoms with Gasteiger partial charge in [-0.15, -0.1) is 0 Å². The number of benzene rings is 1. The average molecular weight is 382 g/mol. The third-order valence-corrected chi connectivity index (χ3v) is 4.98. The van der Waals surface area contributed by atoms with Crippen LogP contribution in [0.2, 0.25) is 0 Å². The highest BCUT2D eigenvalue weighted by atomic mass is 16.5. The smallest absolute Gasteiger partial charge is 0.205 e. The van der Waals surface area contributed by atoms with E-state index >= 15 is 0 Å². The predicted molar refractivity (Wildman–Crippen MR) is 104 cm³/mol. The fraction of sp³-hybridized carbons (Fsp3) is 0.455. The van der Waals surface area contributed by atoms with E-state index in [4.69, 9.17) is 19.9 Å². The van der Waals surface area contributed by atoms with Crippen molar-refractivity contribution < 1.29 is 19.0 Å². The molecule has 148 valence electrons. The van der Waals surface area contributed by atoms with E-state index in [0.29, 0.717) is 48.9 Å². The van der Waals surface area contributed by atoms with Gasteiger partial charge in [0.25, 0.3) is 0 Å². The number of nitriles is 1. The van der Waals surface area contributed by atoms with E-state index in [1.54, 1.807) is 0 Å². The standard InChI is InChI=1S/C22H26N2O4/c1-5-26-16-8-7-13(9-17(16)27-6-2)19-14(12-23)21(24)28-18-11-22(3,4)10-15(25)20(18)19/h7-9,19H,5-6,10-11,24H2,1-4H3/t19-/m0/s1. The number of allylic oxidation sites excluding steroid dienone is 3. The minimum Gasteiger partial charge on any atom is -0.490 e. The van der Waals surface area contributed by atoms with Crippen LogP contribution in [0.15, 0.2) is 41.0 Å². The molecule has 1 aromatic rings. The maximum Gasteiger partial charge on any atom is 0.205 e. The number of Topliss-reactive ketones (excluding diaryl/α,β-unsaturated/α-hetero) is 1. The summed E-state index contributed by atoms with van der Waals surface area (Å²) < 4.78 is 17.1. The summed E-state index contributed by atoms with van der Waals surface area (Å²) in [5, 5.41) is 9.73. The number of hydrogen-bond acceptors (Lipinski definition) is 6. The molecule has 1 aliphatic carbocycles. The Balaban J connectivity index is 2.15. The van der Waals surface area contributed by atoms with Gasteiger partial charge in [0, 0.05) is 18.4 Å². The van der Waals surface area contributed by atoms with Crippen molar-refractivity contribution in [2.24, 2.45) is 11.1 Å². The third kappa shape index (κ3) is 3.57. The lowest BCUT2D eigenvalue weighted by Gasteiger charge is -2.37. The molecule has 1 atom stereocenters. The van der Waals surface area contributed by atoms with Crippen LogP contribution in [0, 0.1) is 16.7 Å².